The normalized spacial score (nSPS) is 25.4. The molecule has 4 rings (SSSR count). The van der Waals surface area contributed by atoms with Crippen LogP contribution in [0, 0.1) is 11.7 Å². The largest absolute Gasteiger partial charge is 0.467 e. The number of carbonyl (C=O) groups excluding carboxylic acids is 3. The molecule has 1 spiro atoms. The fourth-order valence-corrected chi connectivity index (χ4v) is 4.97. The molecule has 1 aromatic carbocycles. The van der Waals surface area contributed by atoms with Gasteiger partial charge in [0.15, 0.2) is 0 Å². The molecule has 2 aromatic rings. The van der Waals surface area contributed by atoms with Gasteiger partial charge < -0.3 is 19.4 Å². The lowest BCUT2D eigenvalue weighted by Crippen LogP contribution is -2.57. The highest BCUT2D eigenvalue weighted by Gasteiger charge is 2.61. The standard InChI is InChI=1S/C24H27FN2O5/c1-2-31-22(29)18-15-24(11-3-4-12-26-23(24)30)27(21(18)19-6-5-13-32-19)20(28)14-16-7-9-17(25)10-8-16/h5-10,13,18,21H,2-4,11-12,14-15H2,1H3,(H,26,30)/t18-,21+,24-/m0/s1. The van der Waals surface area contributed by atoms with Crippen LogP contribution in [0.3, 0.4) is 0 Å². The van der Waals surface area contributed by atoms with Crippen LogP contribution in [0.4, 0.5) is 4.39 Å². The number of esters is 1. The number of nitrogens with zero attached hydrogens (tertiary/aromatic N) is 1. The third-order valence-electron chi connectivity index (χ3n) is 6.36. The van der Waals surface area contributed by atoms with Gasteiger partial charge in [-0.15, -0.1) is 0 Å². The predicted octanol–water partition coefficient (Wildman–Crippen LogP) is 3.15. The van der Waals surface area contributed by atoms with Gasteiger partial charge in [-0.1, -0.05) is 12.1 Å². The van der Waals surface area contributed by atoms with Crippen molar-refractivity contribution >= 4 is 17.8 Å². The molecule has 0 radical (unpaired) electrons. The van der Waals surface area contributed by atoms with Crippen LogP contribution in [0.1, 0.15) is 50.0 Å². The van der Waals surface area contributed by atoms with Gasteiger partial charge in [-0.05, 0) is 62.4 Å². The van der Waals surface area contributed by atoms with Crippen molar-refractivity contribution in [3.05, 3.63) is 59.8 Å². The minimum atomic E-state index is -1.18. The van der Waals surface area contributed by atoms with Crippen molar-refractivity contribution in [2.24, 2.45) is 5.92 Å². The summed E-state index contributed by atoms with van der Waals surface area (Å²) in [7, 11) is 0. The van der Waals surface area contributed by atoms with Crippen molar-refractivity contribution in [1.29, 1.82) is 0 Å². The van der Waals surface area contributed by atoms with E-state index in [0.29, 0.717) is 24.3 Å². The number of hydrogen-bond donors (Lipinski definition) is 1. The Morgan fingerprint density at radius 1 is 1.25 bits per heavy atom. The van der Waals surface area contributed by atoms with Gasteiger partial charge in [0.1, 0.15) is 23.2 Å². The smallest absolute Gasteiger partial charge is 0.311 e. The van der Waals surface area contributed by atoms with E-state index in [4.69, 9.17) is 9.15 Å². The third-order valence-corrected chi connectivity index (χ3v) is 6.36. The van der Waals surface area contributed by atoms with Crippen molar-refractivity contribution in [3.8, 4) is 0 Å². The number of carbonyl (C=O) groups is 3. The number of likely N-dealkylation sites (tertiary alicyclic amines) is 1. The van der Waals surface area contributed by atoms with Gasteiger partial charge in [-0.25, -0.2) is 4.39 Å². The minimum Gasteiger partial charge on any atom is -0.467 e. The summed E-state index contributed by atoms with van der Waals surface area (Å²) in [6, 6.07) is 8.34. The lowest BCUT2D eigenvalue weighted by Gasteiger charge is -2.38. The number of halogens is 1. The zero-order valence-corrected chi connectivity index (χ0v) is 18.0. The summed E-state index contributed by atoms with van der Waals surface area (Å²) in [4.78, 5) is 41.6. The molecule has 2 aliphatic heterocycles. The molecule has 8 heteroatoms. The number of hydrogen-bond acceptors (Lipinski definition) is 5. The molecular weight excluding hydrogens is 415 g/mol. The van der Waals surface area contributed by atoms with E-state index in [2.05, 4.69) is 5.32 Å². The summed E-state index contributed by atoms with van der Waals surface area (Å²) >= 11 is 0. The summed E-state index contributed by atoms with van der Waals surface area (Å²) in [5, 5.41) is 2.93. The van der Waals surface area contributed by atoms with Gasteiger partial charge >= 0.3 is 5.97 Å². The van der Waals surface area contributed by atoms with E-state index in [-0.39, 0.29) is 31.3 Å². The van der Waals surface area contributed by atoms with Gasteiger partial charge in [0, 0.05) is 6.54 Å². The Hall–Kier alpha value is -3.16. The summed E-state index contributed by atoms with van der Waals surface area (Å²) in [5.41, 5.74) is -0.555. The van der Waals surface area contributed by atoms with Gasteiger partial charge in [0.25, 0.3) is 0 Å². The molecule has 2 fully saturated rings. The van der Waals surface area contributed by atoms with Crippen LogP contribution in [0.15, 0.2) is 47.1 Å². The highest BCUT2D eigenvalue weighted by atomic mass is 19.1. The van der Waals surface area contributed by atoms with Crippen molar-refractivity contribution in [1.82, 2.24) is 10.2 Å². The Balaban J connectivity index is 1.78. The fraction of sp³-hybridized carbons (Fsp3) is 0.458. The highest BCUT2D eigenvalue weighted by Crippen LogP contribution is 2.50. The van der Waals surface area contributed by atoms with Crippen molar-refractivity contribution in [2.75, 3.05) is 13.2 Å². The molecule has 3 atom stereocenters. The van der Waals surface area contributed by atoms with E-state index in [1.165, 1.54) is 23.3 Å². The second-order valence-corrected chi connectivity index (χ2v) is 8.33. The number of ether oxygens (including phenoxy) is 1. The van der Waals surface area contributed by atoms with Crippen LogP contribution in [-0.4, -0.2) is 41.4 Å². The molecular formula is C24H27FN2O5. The quantitative estimate of drug-likeness (QED) is 0.719. The maximum atomic E-state index is 13.7. The van der Waals surface area contributed by atoms with E-state index >= 15 is 0 Å². The summed E-state index contributed by atoms with van der Waals surface area (Å²) in [6.07, 6.45) is 3.60. The van der Waals surface area contributed by atoms with E-state index in [1.54, 1.807) is 31.2 Å². The molecule has 1 aromatic heterocycles. The van der Waals surface area contributed by atoms with E-state index in [9.17, 15) is 18.8 Å². The first kappa shape index (κ1) is 22.0. The number of rotatable bonds is 5. The van der Waals surface area contributed by atoms with Gasteiger partial charge in [-0.3, -0.25) is 14.4 Å². The average Bonchev–Trinajstić information content (AvgIpc) is 3.37. The molecule has 1 N–H and O–H groups in total. The first-order valence-corrected chi connectivity index (χ1v) is 11.0. The molecule has 0 bridgehead atoms. The molecule has 170 valence electrons. The third kappa shape index (κ3) is 4.01. The lowest BCUT2D eigenvalue weighted by molar-refractivity contribution is -0.151. The van der Waals surface area contributed by atoms with E-state index < -0.39 is 29.3 Å². The predicted molar refractivity (Wildman–Crippen MR) is 113 cm³/mol. The van der Waals surface area contributed by atoms with Crippen molar-refractivity contribution in [2.45, 2.75) is 50.6 Å². The average molecular weight is 442 g/mol. The van der Waals surface area contributed by atoms with Crippen molar-refractivity contribution in [3.63, 3.8) is 0 Å². The minimum absolute atomic E-state index is 0.0257. The molecule has 2 aliphatic rings. The molecule has 0 aliphatic carbocycles. The first-order chi connectivity index (χ1) is 15.5. The van der Waals surface area contributed by atoms with Crippen LogP contribution < -0.4 is 5.32 Å². The Morgan fingerprint density at radius 3 is 2.72 bits per heavy atom. The van der Waals surface area contributed by atoms with Crippen LogP contribution in [0.2, 0.25) is 0 Å². The number of furan rings is 1. The zero-order valence-electron chi connectivity index (χ0n) is 18.0. The maximum absolute atomic E-state index is 13.7. The van der Waals surface area contributed by atoms with Crippen LogP contribution in [0.5, 0.6) is 0 Å². The van der Waals surface area contributed by atoms with Gasteiger partial charge in [0.05, 0.1) is 25.2 Å². The molecule has 2 amide bonds. The monoisotopic (exact) mass is 442 g/mol. The molecule has 32 heavy (non-hydrogen) atoms. The summed E-state index contributed by atoms with van der Waals surface area (Å²) in [5.74, 6) is -1.72. The molecule has 2 saturated heterocycles. The molecule has 3 heterocycles. The van der Waals surface area contributed by atoms with Crippen LogP contribution in [0.25, 0.3) is 0 Å². The summed E-state index contributed by atoms with van der Waals surface area (Å²) in [6.45, 7) is 2.44. The lowest BCUT2D eigenvalue weighted by atomic mass is 9.86. The summed E-state index contributed by atoms with van der Waals surface area (Å²) < 4.78 is 24.3. The number of nitrogens with one attached hydrogen (secondary N) is 1. The Labute approximate surface area is 185 Å². The highest BCUT2D eigenvalue weighted by molar-refractivity contribution is 5.95. The Kier molecular flexibility index (Phi) is 6.30. The Morgan fingerprint density at radius 2 is 2.03 bits per heavy atom. The van der Waals surface area contributed by atoms with E-state index in [1.807, 2.05) is 0 Å². The van der Waals surface area contributed by atoms with Crippen LogP contribution >= 0.6 is 0 Å². The molecule has 0 unspecified atom stereocenters. The first-order valence-electron chi connectivity index (χ1n) is 11.0. The second kappa shape index (κ2) is 9.14. The molecule has 0 saturated carbocycles. The van der Waals surface area contributed by atoms with Gasteiger partial charge in [-0.2, -0.15) is 0 Å². The number of amides is 2. The maximum Gasteiger partial charge on any atom is 0.311 e. The van der Waals surface area contributed by atoms with Crippen molar-refractivity contribution < 1.29 is 27.9 Å². The number of benzene rings is 1. The zero-order chi connectivity index (χ0) is 22.7. The van der Waals surface area contributed by atoms with Crippen LogP contribution in [-0.2, 0) is 25.5 Å². The SMILES string of the molecule is CCOC(=O)[C@H]1C[C@]2(CCCCNC2=O)N(C(=O)Cc2ccc(F)cc2)[C@H]1c1ccco1. The molecule has 7 nitrogen and oxygen atoms in total. The fourth-order valence-electron chi connectivity index (χ4n) is 4.97. The Bertz CT molecular complexity index is 975. The van der Waals surface area contributed by atoms with E-state index in [0.717, 1.165) is 12.8 Å². The van der Waals surface area contributed by atoms with Gasteiger partial charge in [0.2, 0.25) is 11.8 Å². The second-order valence-electron chi connectivity index (χ2n) is 8.33. The topological polar surface area (TPSA) is 88.9 Å².